The second-order valence-corrected chi connectivity index (χ2v) is 16.7. The maximum Gasteiger partial charge on any atom is -0.000655 e. The smallest absolute Gasteiger partial charge is 0.000655 e. The summed E-state index contributed by atoms with van der Waals surface area (Å²) < 4.78 is 0. The van der Waals surface area contributed by atoms with Gasteiger partial charge in [0.05, 0.1) is 0 Å². The highest BCUT2D eigenvalue weighted by molar-refractivity contribution is 4.82. The quantitative estimate of drug-likeness (QED) is 0.0458. The maximum atomic E-state index is 2.80. The van der Waals surface area contributed by atoms with Crippen LogP contribution in [0.2, 0.25) is 0 Å². The molecule has 0 spiro atoms. The molecule has 0 aromatic heterocycles. The summed E-state index contributed by atoms with van der Waals surface area (Å²) in [5.74, 6) is 0. The van der Waals surface area contributed by atoms with E-state index in [9.17, 15) is 0 Å². The molecule has 0 radical (unpaired) electrons. The van der Waals surface area contributed by atoms with Gasteiger partial charge in [-0.05, 0) is 111 Å². The number of hydrogen-bond donors (Lipinski definition) is 0. The Morgan fingerprint density at radius 1 is 0.255 bits per heavy atom. The molecule has 0 amide bonds. The lowest BCUT2D eigenvalue weighted by molar-refractivity contribution is 0.244. The van der Waals surface area contributed by atoms with Gasteiger partial charge in [-0.2, -0.15) is 0 Å². The second-order valence-electron chi connectivity index (χ2n) is 16.7. The minimum absolute atomic E-state index is 1.22. The summed E-state index contributed by atoms with van der Waals surface area (Å²) in [4.78, 5) is 5.15. The number of rotatable bonds is 44. The van der Waals surface area contributed by atoms with Crippen LogP contribution in [0.4, 0.5) is 0 Å². The molecule has 0 bridgehead atoms. The van der Waals surface area contributed by atoms with E-state index >= 15 is 0 Å². The van der Waals surface area contributed by atoms with E-state index in [0.717, 1.165) is 0 Å². The predicted molar refractivity (Wildman–Crippen MR) is 235 cm³/mol. The van der Waals surface area contributed by atoms with Gasteiger partial charge in [-0.25, -0.2) is 0 Å². The van der Waals surface area contributed by atoms with Crippen molar-refractivity contribution in [3.8, 4) is 0 Å². The van der Waals surface area contributed by atoms with Crippen molar-refractivity contribution >= 4 is 0 Å². The van der Waals surface area contributed by atoms with E-state index in [2.05, 4.69) is 62.0 Å². The fraction of sp³-hybridized carbons (Fsp3) is 0.918. The van der Waals surface area contributed by atoms with Gasteiger partial charge in [0.2, 0.25) is 0 Å². The third-order valence-electron chi connectivity index (χ3n) is 11.1. The lowest BCUT2D eigenvalue weighted by Gasteiger charge is -2.23. The number of unbranched alkanes of at least 4 members (excludes halogenated alkanes) is 32. The molecule has 0 saturated carbocycles. The molecule has 0 aliphatic heterocycles. The van der Waals surface area contributed by atoms with Crippen molar-refractivity contribution in [2.45, 2.75) is 251 Å². The highest BCUT2D eigenvalue weighted by Crippen LogP contribution is 2.15. The molecule has 2 heteroatoms. The molecule has 0 aliphatic rings. The van der Waals surface area contributed by atoms with E-state index in [1.165, 1.54) is 264 Å². The van der Waals surface area contributed by atoms with Gasteiger partial charge >= 0.3 is 0 Å². The first kappa shape index (κ1) is 50.4. The van der Waals surface area contributed by atoms with Crippen LogP contribution in [0.25, 0.3) is 0 Å². The molecule has 0 N–H and O–H groups in total. The molecule has 304 valence electrons. The summed E-state index contributed by atoms with van der Waals surface area (Å²) in [5, 5.41) is 0. The van der Waals surface area contributed by atoms with Crippen molar-refractivity contribution in [2.75, 3.05) is 40.3 Å². The molecule has 0 rings (SSSR count). The van der Waals surface area contributed by atoms with Crippen LogP contribution < -0.4 is 0 Å². The minimum atomic E-state index is 1.22. The van der Waals surface area contributed by atoms with Gasteiger partial charge in [0.1, 0.15) is 0 Å². The van der Waals surface area contributed by atoms with Gasteiger partial charge in [0, 0.05) is 0 Å². The Kier molecular flexibility index (Phi) is 45.0. The first-order valence-electron chi connectivity index (χ1n) is 23.9. The van der Waals surface area contributed by atoms with Crippen LogP contribution >= 0.6 is 0 Å². The van der Waals surface area contributed by atoms with Gasteiger partial charge < -0.3 is 9.80 Å². The molecule has 0 atom stereocenters. The number of nitrogens with zero attached hydrogens (tertiary/aromatic N) is 2. The third kappa shape index (κ3) is 45.5. The van der Waals surface area contributed by atoms with Gasteiger partial charge in [-0.3, -0.25) is 0 Å². The highest BCUT2D eigenvalue weighted by atomic mass is 15.1. The fourth-order valence-electron chi connectivity index (χ4n) is 7.53. The molecule has 0 aromatic carbocycles. The SMILES string of the molecule is CCCCCCCC/C=C\CCCCCCCCCCCCN(CCCCCCCCCCCC/C=C\CCCCCCCC)CCCN(C)C. The van der Waals surface area contributed by atoms with Crippen LogP contribution in [0.5, 0.6) is 0 Å². The standard InChI is InChI=1S/C49H98N2/c1-5-7-9-11-13-15-17-19-21-23-25-27-29-31-33-35-37-39-41-43-47-51(49-45-46-50(3)4)48-44-42-40-38-36-34-32-30-28-26-24-22-20-18-16-14-12-10-8-6-2/h19-22H,5-18,23-49H2,1-4H3/b21-19-,22-20-. The van der Waals surface area contributed by atoms with Crippen LogP contribution in [0.3, 0.4) is 0 Å². The lowest BCUT2D eigenvalue weighted by Crippen LogP contribution is -2.29. The summed E-state index contributed by atoms with van der Waals surface area (Å²) in [6, 6.07) is 0. The van der Waals surface area contributed by atoms with E-state index in [4.69, 9.17) is 0 Å². The second kappa shape index (κ2) is 45.6. The maximum absolute atomic E-state index is 2.80. The highest BCUT2D eigenvalue weighted by Gasteiger charge is 2.05. The van der Waals surface area contributed by atoms with Crippen LogP contribution in [0.15, 0.2) is 24.3 Å². The zero-order valence-electron chi connectivity index (χ0n) is 36.2. The summed E-state index contributed by atoms with van der Waals surface area (Å²) in [7, 11) is 4.44. The van der Waals surface area contributed by atoms with Crippen molar-refractivity contribution in [2.24, 2.45) is 0 Å². The summed E-state index contributed by atoms with van der Waals surface area (Å²) >= 11 is 0. The number of hydrogen-bond acceptors (Lipinski definition) is 2. The normalized spacial score (nSPS) is 12.2. The van der Waals surface area contributed by atoms with E-state index < -0.39 is 0 Å². The van der Waals surface area contributed by atoms with Gasteiger partial charge in [0.25, 0.3) is 0 Å². The topological polar surface area (TPSA) is 6.48 Å². The predicted octanol–water partition coefficient (Wildman–Crippen LogP) is 16.4. The van der Waals surface area contributed by atoms with Crippen molar-refractivity contribution in [1.29, 1.82) is 0 Å². The Morgan fingerprint density at radius 2 is 0.490 bits per heavy atom. The molecular weight excluding hydrogens is 617 g/mol. The first-order chi connectivity index (χ1) is 25.2. The third-order valence-corrected chi connectivity index (χ3v) is 11.1. The molecule has 0 aromatic rings. The number of allylic oxidation sites excluding steroid dienone is 4. The van der Waals surface area contributed by atoms with Gasteiger partial charge in [0.15, 0.2) is 0 Å². The summed E-state index contributed by atoms with van der Waals surface area (Å²) in [5.41, 5.74) is 0. The van der Waals surface area contributed by atoms with Crippen molar-refractivity contribution < 1.29 is 0 Å². The average molecular weight is 715 g/mol. The van der Waals surface area contributed by atoms with Crippen LogP contribution in [0, 0.1) is 0 Å². The van der Waals surface area contributed by atoms with Crippen molar-refractivity contribution in [1.82, 2.24) is 9.80 Å². The molecule has 0 aliphatic carbocycles. The largest absolute Gasteiger partial charge is 0.309 e. The minimum Gasteiger partial charge on any atom is -0.309 e. The van der Waals surface area contributed by atoms with Crippen molar-refractivity contribution in [3.63, 3.8) is 0 Å². The monoisotopic (exact) mass is 715 g/mol. The fourth-order valence-corrected chi connectivity index (χ4v) is 7.53. The zero-order valence-corrected chi connectivity index (χ0v) is 36.2. The lowest BCUT2D eigenvalue weighted by atomic mass is 10.0. The Bertz CT molecular complexity index is 617. The van der Waals surface area contributed by atoms with Crippen LogP contribution in [-0.4, -0.2) is 50.1 Å². The molecule has 0 unspecified atom stereocenters. The summed E-state index contributed by atoms with van der Waals surface area (Å²) in [6.45, 7) is 9.78. The molecular formula is C49H98N2. The first-order valence-corrected chi connectivity index (χ1v) is 23.9. The Hall–Kier alpha value is -0.600. The molecule has 0 saturated heterocycles. The van der Waals surface area contributed by atoms with E-state index in [-0.39, 0.29) is 0 Å². The van der Waals surface area contributed by atoms with Gasteiger partial charge in [-0.15, -0.1) is 0 Å². The summed E-state index contributed by atoms with van der Waals surface area (Å²) in [6.07, 6.45) is 62.1. The molecule has 0 heterocycles. The molecule has 51 heavy (non-hydrogen) atoms. The van der Waals surface area contributed by atoms with Gasteiger partial charge in [-0.1, -0.05) is 205 Å². The Balaban J connectivity index is 3.62. The Labute approximate surface area is 324 Å². The van der Waals surface area contributed by atoms with Crippen molar-refractivity contribution in [3.05, 3.63) is 24.3 Å². The average Bonchev–Trinajstić information content (AvgIpc) is 3.12. The van der Waals surface area contributed by atoms with Crippen LogP contribution in [-0.2, 0) is 0 Å². The Morgan fingerprint density at radius 3 is 0.765 bits per heavy atom. The molecule has 2 nitrogen and oxygen atoms in total. The zero-order chi connectivity index (χ0) is 37.0. The van der Waals surface area contributed by atoms with E-state index in [1.54, 1.807) is 0 Å². The van der Waals surface area contributed by atoms with E-state index in [0.29, 0.717) is 0 Å². The molecule has 0 fully saturated rings. The van der Waals surface area contributed by atoms with E-state index in [1.807, 2.05) is 0 Å². The van der Waals surface area contributed by atoms with Crippen LogP contribution in [0.1, 0.15) is 251 Å².